The Morgan fingerprint density at radius 1 is 1.13 bits per heavy atom. The lowest BCUT2D eigenvalue weighted by Crippen LogP contribution is -2.42. The van der Waals surface area contributed by atoms with E-state index in [2.05, 4.69) is 22.1 Å². The van der Waals surface area contributed by atoms with Crippen molar-refractivity contribution >= 4 is 5.91 Å². The second kappa shape index (κ2) is 10.2. The van der Waals surface area contributed by atoms with Gasteiger partial charge in [0.1, 0.15) is 0 Å². The Labute approximate surface area is 178 Å². The van der Waals surface area contributed by atoms with Crippen LogP contribution in [0.2, 0.25) is 0 Å². The quantitative estimate of drug-likeness (QED) is 0.697. The Morgan fingerprint density at radius 2 is 1.93 bits per heavy atom. The molecule has 0 spiro atoms. The van der Waals surface area contributed by atoms with Crippen LogP contribution in [0.1, 0.15) is 24.0 Å². The monoisotopic (exact) mass is 412 g/mol. The van der Waals surface area contributed by atoms with Crippen molar-refractivity contribution in [2.45, 2.75) is 32.1 Å². The Kier molecular flexibility index (Phi) is 7.15. The molecule has 2 aliphatic heterocycles. The largest absolute Gasteiger partial charge is 0.381 e. The molecule has 7 heteroatoms. The number of hydrogen-bond donors (Lipinski definition) is 0. The normalized spacial score (nSPS) is 21.7. The maximum absolute atomic E-state index is 13.1. The summed E-state index contributed by atoms with van der Waals surface area (Å²) >= 11 is 0. The van der Waals surface area contributed by atoms with Gasteiger partial charge in [-0.1, -0.05) is 30.3 Å². The molecule has 0 N–H and O–H groups in total. The van der Waals surface area contributed by atoms with Crippen LogP contribution in [-0.2, 0) is 34.5 Å². The minimum Gasteiger partial charge on any atom is -0.381 e. The highest BCUT2D eigenvalue weighted by Crippen LogP contribution is 2.19. The molecule has 30 heavy (non-hydrogen) atoms. The number of rotatable bonds is 7. The molecule has 2 saturated heterocycles. The zero-order valence-corrected chi connectivity index (χ0v) is 17.8. The molecule has 2 fully saturated rings. The number of amides is 1. The first kappa shape index (κ1) is 21.0. The number of carbonyl (C=O) groups excluding carboxylic acids is 1. The molecule has 1 unspecified atom stereocenters. The highest BCUT2D eigenvalue weighted by atomic mass is 16.5. The first-order valence-corrected chi connectivity index (χ1v) is 10.9. The van der Waals surface area contributed by atoms with Gasteiger partial charge in [0.2, 0.25) is 5.91 Å². The van der Waals surface area contributed by atoms with Crippen LogP contribution in [0.5, 0.6) is 0 Å². The van der Waals surface area contributed by atoms with Crippen LogP contribution in [0.15, 0.2) is 42.7 Å². The van der Waals surface area contributed by atoms with Crippen LogP contribution in [0.3, 0.4) is 0 Å². The smallest absolute Gasteiger partial charge is 0.236 e. The fraction of sp³-hybridized carbons (Fsp3) is 0.565. The predicted molar refractivity (Wildman–Crippen MR) is 114 cm³/mol. The second-order valence-corrected chi connectivity index (χ2v) is 8.46. The Hall–Kier alpha value is -2.22. The van der Waals surface area contributed by atoms with Crippen molar-refractivity contribution in [3.05, 3.63) is 53.9 Å². The highest BCUT2D eigenvalue weighted by molar-refractivity contribution is 5.78. The number of carbonyl (C=O) groups is 1. The zero-order valence-electron chi connectivity index (χ0n) is 17.8. The van der Waals surface area contributed by atoms with E-state index < -0.39 is 0 Å². The Morgan fingerprint density at radius 3 is 2.67 bits per heavy atom. The van der Waals surface area contributed by atoms with Gasteiger partial charge in [0.15, 0.2) is 0 Å². The third kappa shape index (κ3) is 5.90. The summed E-state index contributed by atoms with van der Waals surface area (Å²) in [6.07, 6.45) is 5.91. The van der Waals surface area contributed by atoms with E-state index in [9.17, 15) is 4.79 Å². The minimum absolute atomic E-state index is 0.0202. The van der Waals surface area contributed by atoms with E-state index in [0.29, 0.717) is 32.2 Å². The molecule has 0 aliphatic carbocycles. The molecular formula is C23H32N4O3. The molecule has 162 valence electrons. The standard InChI is InChI=1S/C23H32N4O3/c1-25-12-21(11-24-25)13-26-15-22(30-18-20-5-3-2-4-6-20)16-27(23(28)17-26)14-19-7-9-29-10-8-19/h2-6,11-12,19,22H,7-10,13-18H2,1H3. The number of benzene rings is 1. The zero-order chi connectivity index (χ0) is 20.8. The molecule has 3 heterocycles. The molecular weight excluding hydrogens is 380 g/mol. The maximum atomic E-state index is 13.1. The third-order valence-corrected chi connectivity index (χ3v) is 5.91. The first-order chi connectivity index (χ1) is 14.7. The average molecular weight is 413 g/mol. The molecule has 4 rings (SSSR count). The Balaban J connectivity index is 1.43. The summed E-state index contributed by atoms with van der Waals surface area (Å²) in [6.45, 7) is 5.46. The minimum atomic E-state index is -0.0202. The van der Waals surface area contributed by atoms with Crippen molar-refractivity contribution in [3.63, 3.8) is 0 Å². The maximum Gasteiger partial charge on any atom is 0.236 e. The van der Waals surface area contributed by atoms with Gasteiger partial charge in [-0.05, 0) is 24.3 Å². The fourth-order valence-corrected chi connectivity index (χ4v) is 4.29. The van der Waals surface area contributed by atoms with E-state index in [0.717, 1.165) is 50.3 Å². The van der Waals surface area contributed by atoms with E-state index in [1.165, 1.54) is 0 Å². The molecule has 1 aromatic carbocycles. The van der Waals surface area contributed by atoms with Gasteiger partial charge in [0, 0.05) is 58.2 Å². The molecule has 2 aromatic rings. The summed E-state index contributed by atoms with van der Waals surface area (Å²) in [5.74, 6) is 0.707. The van der Waals surface area contributed by atoms with Gasteiger partial charge in [-0.2, -0.15) is 5.10 Å². The summed E-state index contributed by atoms with van der Waals surface area (Å²) in [6, 6.07) is 10.2. The lowest BCUT2D eigenvalue weighted by Gasteiger charge is -2.30. The number of aryl methyl sites for hydroxylation is 1. The van der Waals surface area contributed by atoms with Crippen molar-refractivity contribution in [3.8, 4) is 0 Å². The van der Waals surface area contributed by atoms with E-state index in [-0.39, 0.29) is 12.0 Å². The van der Waals surface area contributed by atoms with Gasteiger partial charge in [-0.3, -0.25) is 14.4 Å². The number of hydrogen-bond acceptors (Lipinski definition) is 5. The molecule has 1 atom stereocenters. The van der Waals surface area contributed by atoms with Crippen molar-refractivity contribution in [1.29, 1.82) is 0 Å². The average Bonchev–Trinajstić information content (AvgIpc) is 3.10. The summed E-state index contributed by atoms with van der Waals surface area (Å²) in [5.41, 5.74) is 2.27. The van der Waals surface area contributed by atoms with Gasteiger partial charge < -0.3 is 14.4 Å². The predicted octanol–water partition coefficient (Wildman–Crippen LogP) is 2.08. The molecule has 0 radical (unpaired) electrons. The van der Waals surface area contributed by atoms with Crippen LogP contribution in [0, 0.1) is 5.92 Å². The fourth-order valence-electron chi connectivity index (χ4n) is 4.29. The molecule has 7 nitrogen and oxygen atoms in total. The summed E-state index contributed by atoms with van der Waals surface area (Å²) in [5, 5.41) is 4.26. The second-order valence-electron chi connectivity index (χ2n) is 8.46. The van der Waals surface area contributed by atoms with Crippen LogP contribution < -0.4 is 0 Å². The topological polar surface area (TPSA) is 59.8 Å². The lowest BCUT2D eigenvalue weighted by atomic mass is 9.99. The summed E-state index contributed by atoms with van der Waals surface area (Å²) in [4.78, 5) is 17.3. The SMILES string of the molecule is Cn1cc(CN2CC(=O)N(CC3CCOCC3)CC(OCc3ccccc3)C2)cn1. The Bertz CT molecular complexity index is 804. The van der Waals surface area contributed by atoms with Crippen molar-refractivity contribution < 1.29 is 14.3 Å². The van der Waals surface area contributed by atoms with Gasteiger partial charge in [-0.25, -0.2) is 0 Å². The van der Waals surface area contributed by atoms with Crippen molar-refractivity contribution in [1.82, 2.24) is 19.6 Å². The van der Waals surface area contributed by atoms with Crippen LogP contribution in [-0.4, -0.2) is 71.0 Å². The van der Waals surface area contributed by atoms with E-state index in [1.54, 1.807) is 4.68 Å². The summed E-state index contributed by atoms with van der Waals surface area (Å²) < 4.78 is 13.6. The van der Waals surface area contributed by atoms with Gasteiger partial charge in [0.05, 0.1) is 25.5 Å². The van der Waals surface area contributed by atoms with Gasteiger partial charge in [0.25, 0.3) is 0 Å². The van der Waals surface area contributed by atoms with E-state index >= 15 is 0 Å². The van der Waals surface area contributed by atoms with Gasteiger partial charge in [-0.15, -0.1) is 0 Å². The summed E-state index contributed by atoms with van der Waals surface area (Å²) in [7, 11) is 1.92. The molecule has 0 bridgehead atoms. The van der Waals surface area contributed by atoms with Crippen LogP contribution in [0.4, 0.5) is 0 Å². The van der Waals surface area contributed by atoms with Crippen LogP contribution >= 0.6 is 0 Å². The van der Waals surface area contributed by atoms with E-state index in [1.807, 2.05) is 42.5 Å². The van der Waals surface area contributed by atoms with Crippen molar-refractivity contribution in [2.75, 3.05) is 39.4 Å². The van der Waals surface area contributed by atoms with Crippen molar-refractivity contribution in [2.24, 2.45) is 13.0 Å². The molecule has 2 aliphatic rings. The van der Waals surface area contributed by atoms with Gasteiger partial charge >= 0.3 is 0 Å². The number of nitrogens with zero attached hydrogens (tertiary/aromatic N) is 4. The van der Waals surface area contributed by atoms with Crippen LogP contribution in [0.25, 0.3) is 0 Å². The molecule has 0 saturated carbocycles. The van der Waals surface area contributed by atoms with E-state index in [4.69, 9.17) is 9.47 Å². The number of ether oxygens (including phenoxy) is 2. The lowest BCUT2D eigenvalue weighted by molar-refractivity contribution is -0.133. The third-order valence-electron chi connectivity index (χ3n) is 5.91. The molecule has 1 amide bonds. The molecule has 1 aromatic heterocycles. The first-order valence-electron chi connectivity index (χ1n) is 10.9. The highest BCUT2D eigenvalue weighted by Gasteiger charge is 2.30. The number of aromatic nitrogens is 2.